The predicted octanol–water partition coefficient (Wildman–Crippen LogP) is 2.78. The molecule has 1 N–H and O–H groups in total. The Labute approximate surface area is 113 Å². The highest BCUT2D eigenvalue weighted by Gasteiger charge is 2.27. The molecule has 104 valence electrons. The second-order valence-corrected chi connectivity index (χ2v) is 5.86. The normalized spacial score (nSPS) is 18.6. The van der Waals surface area contributed by atoms with Gasteiger partial charge in [0.15, 0.2) is 0 Å². The number of rotatable bonds is 10. The Hall–Kier alpha value is -0.590. The van der Waals surface area contributed by atoms with E-state index in [4.69, 9.17) is 0 Å². The van der Waals surface area contributed by atoms with Crippen molar-refractivity contribution in [3.63, 3.8) is 0 Å². The van der Waals surface area contributed by atoms with Crippen molar-refractivity contribution >= 4 is 0 Å². The quantitative estimate of drug-likeness (QED) is 0.649. The molecule has 0 aromatic carbocycles. The molecule has 0 radical (unpaired) electrons. The first-order chi connectivity index (χ1) is 8.63. The molecule has 0 amide bonds. The van der Waals surface area contributed by atoms with Gasteiger partial charge in [0.25, 0.3) is 0 Å². The zero-order valence-corrected chi connectivity index (χ0v) is 12.3. The third kappa shape index (κ3) is 5.84. The fraction of sp³-hybridized carbons (Fsp3) is 0.933. The minimum atomic E-state index is -0.356. The van der Waals surface area contributed by atoms with Crippen molar-refractivity contribution in [3.05, 3.63) is 0 Å². The standard InChI is InChI=1S/C15H29N3/c1-4-9-17-15(3,13-16)8-11-18(10-5-2)12-14-6-7-14/h14,17H,4-12H2,1-3H3. The van der Waals surface area contributed by atoms with E-state index in [9.17, 15) is 5.26 Å². The van der Waals surface area contributed by atoms with Crippen LogP contribution in [0.15, 0.2) is 0 Å². The topological polar surface area (TPSA) is 39.1 Å². The van der Waals surface area contributed by atoms with Crippen LogP contribution in [0.25, 0.3) is 0 Å². The van der Waals surface area contributed by atoms with E-state index in [1.165, 1.54) is 32.4 Å². The van der Waals surface area contributed by atoms with Crippen molar-refractivity contribution in [1.29, 1.82) is 5.26 Å². The van der Waals surface area contributed by atoms with E-state index >= 15 is 0 Å². The minimum Gasteiger partial charge on any atom is -0.303 e. The molecule has 0 aliphatic heterocycles. The summed E-state index contributed by atoms with van der Waals surface area (Å²) in [6.07, 6.45) is 6.03. The summed E-state index contributed by atoms with van der Waals surface area (Å²) >= 11 is 0. The second-order valence-electron chi connectivity index (χ2n) is 5.86. The molecule has 3 heteroatoms. The summed E-state index contributed by atoms with van der Waals surface area (Å²) < 4.78 is 0. The summed E-state index contributed by atoms with van der Waals surface area (Å²) in [5.74, 6) is 0.938. The van der Waals surface area contributed by atoms with E-state index in [1.54, 1.807) is 0 Å². The third-order valence-electron chi connectivity index (χ3n) is 3.69. The average molecular weight is 251 g/mol. The van der Waals surface area contributed by atoms with Crippen LogP contribution in [0.5, 0.6) is 0 Å². The largest absolute Gasteiger partial charge is 0.303 e. The lowest BCUT2D eigenvalue weighted by Gasteiger charge is -2.28. The maximum Gasteiger partial charge on any atom is 0.105 e. The molecule has 1 unspecified atom stereocenters. The number of nitriles is 1. The van der Waals surface area contributed by atoms with Crippen LogP contribution < -0.4 is 5.32 Å². The molecular formula is C15H29N3. The Balaban J connectivity index is 2.35. The first-order valence-electron chi connectivity index (χ1n) is 7.52. The van der Waals surface area contributed by atoms with Gasteiger partial charge in [-0.3, -0.25) is 5.32 Å². The summed E-state index contributed by atoms with van der Waals surface area (Å²) in [7, 11) is 0. The molecule has 1 atom stereocenters. The molecule has 1 aliphatic carbocycles. The first kappa shape index (κ1) is 15.5. The lowest BCUT2D eigenvalue weighted by molar-refractivity contribution is 0.236. The summed E-state index contributed by atoms with van der Waals surface area (Å²) in [6.45, 7) is 10.8. The molecule has 18 heavy (non-hydrogen) atoms. The average Bonchev–Trinajstić information content (AvgIpc) is 3.18. The summed E-state index contributed by atoms with van der Waals surface area (Å²) in [5, 5.41) is 12.7. The summed E-state index contributed by atoms with van der Waals surface area (Å²) in [5.41, 5.74) is -0.356. The van der Waals surface area contributed by atoms with Gasteiger partial charge in [-0.25, -0.2) is 0 Å². The molecule has 1 rings (SSSR count). The fourth-order valence-electron chi connectivity index (χ4n) is 2.24. The first-order valence-corrected chi connectivity index (χ1v) is 7.52. The van der Waals surface area contributed by atoms with Gasteiger partial charge in [0.05, 0.1) is 6.07 Å². The number of hydrogen-bond donors (Lipinski definition) is 1. The molecule has 0 heterocycles. The molecule has 0 aromatic heterocycles. The zero-order chi connectivity index (χ0) is 13.4. The fourth-order valence-corrected chi connectivity index (χ4v) is 2.24. The van der Waals surface area contributed by atoms with Crippen molar-refractivity contribution in [1.82, 2.24) is 10.2 Å². The summed E-state index contributed by atoms with van der Waals surface area (Å²) in [6, 6.07) is 2.44. The molecule has 3 nitrogen and oxygen atoms in total. The van der Waals surface area contributed by atoms with Gasteiger partial charge in [-0.1, -0.05) is 13.8 Å². The zero-order valence-electron chi connectivity index (χ0n) is 12.3. The smallest absolute Gasteiger partial charge is 0.105 e. The highest BCUT2D eigenvalue weighted by Crippen LogP contribution is 2.30. The van der Waals surface area contributed by atoms with E-state index in [0.717, 1.165) is 31.8 Å². The van der Waals surface area contributed by atoms with Crippen LogP contribution in [-0.2, 0) is 0 Å². The molecule has 1 saturated carbocycles. The van der Waals surface area contributed by atoms with E-state index in [2.05, 4.69) is 30.1 Å². The molecule has 1 fully saturated rings. The Morgan fingerprint density at radius 2 is 2.00 bits per heavy atom. The second kappa shape index (κ2) is 7.76. The van der Waals surface area contributed by atoms with E-state index in [0.29, 0.717) is 0 Å². The monoisotopic (exact) mass is 251 g/mol. The van der Waals surface area contributed by atoms with Crippen molar-refractivity contribution in [3.8, 4) is 6.07 Å². The van der Waals surface area contributed by atoms with Gasteiger partial charge >= 0.3 is 0 Å². The molecule has 1 aliphatic rings. The van der Waals surface area contributed by atoms with Crippen LogP contribution in [0.1, 0.15) is 52.9 Å². The van der Waals surface area contributed by atoms with E-state index in [1.807, 2.05) is 6.92 Å². The van der Waals surface area contributed by atoms with Crippen LogP contribution in [0.2, 0.25) is 0 Å². The van der Waals surface area contributed by atoms with Gasteiger partial charge < -0.3 is 4.90 Å². The van der Waals surface area contributed by atoms with Crippen LogP contribution in [0, 0.1) is 17.2 Å². The van der Waals surface area contributed by atoms with Gasteiger partial charge in [0.2, 0.25) is 0 Å². The van der Waals surface area contributed by atoms with Gasteiger partial charge in [-0.05, 0) is 58.0 Å². The Morgan fingerprint density at radius 3 is 2.50 bits per heavy atom. The Kier molecular flexibility index (Phi) is 6.67. The van der Waals surface area contributed by atoms with Crippen LogP contribution in [0.4, 0.5) is 0 Å². The third-order valence-corrected chi connectivity index (χ3v) is 3.69. The molecule has 0 bridgehead atoms. The van der Waals surface area contributed by atoms with E-state index < -0.39 is 0 Å². The number of nitrogens with one attached hydrogen (secondary N) is 1. The highest BCUT2D eigenvalue weighted by atomic mass is 15.1. The molecular weight excluding hydrogens is 222 g/mol. The van der Waals surface area contributed by atoms with Gasteiger partial charge in [0, 0.05) is 13.1 Å². The van der Waals surface area contributed by atoms with Crippen molar-refractivity contribution in [2.24, 2.45) is 5.92 Å². The number of nitrogens with zero attached hydrogens (tertiary/aromatic N) is 2. The van der Waals surface area contributed by atoms with Crippen molar-refractivity contribution < 1.29 is 0 Å². The van der Waals surface area contributed by atoms with Gasteiger partial charge in [-0.15, -0.1) is 0 Å². The Bertz CT molecular complexity index is 267. The lowest BCUT2D eigenvalue weighted by atomic mass is 9.99. The van der Waals surface area contributed by atoms with Crippen LogP contribution in [-0.4, -0.2) is 36.6 Å². The molecule has 0 saturated heterocycles. The maximum absolute atomic E-state index is 9.32. The summed E-state index contributed by atoms with van der Waals surface area (Å²) in [4.78, 5) is 2.54. The highest BCUT2D eigenvalue weighted by molar-refractivity contribution is 5.04. The van der Waals surface area contributed by atoms with Gasteiger partial charge in [0.1, 0.15) is 5.54 Å². The molecule has 0 spiro atoms. The maximum atomic E-state index is 9.32. The lowest BCUT2D eigenvalue weighted by Crippen LogP contribution is -2.44. The van der Waals surface area contributed by atoms with Gasteiger partial charge in [-0.2, -0.15) is 5.26 Å². The SMILES string of the molecule is CCCNC(C)(C#N)CCN(CCC)CC1CC1. The van der Waals surface area contributed by atoms with Crippen molar-refractivity contribution in [2.75, 3.05) is 26.2 Å². The number of hydrogen-bond acceptors (Lipinski definition) is 3. The van der Waals surface area contributed by atoms with Crippen molar-refractivity contribution in [2.45, 2.75) is 58.4 Å². The predicted molar refractivity (Wildman–Crippen MR) is 76.4 cm³/mol. The van der Waals surface area contributed by atoms with Crippen LogP contribution >= 0.6 is 0 Å². The van der Waals surface area contributed by atoms with Crippen LogP contribution in [0.3, 0.4) is 0 Å². The Morgan fingerprint density at radius 1 is 1.28 bits per heavy atom. The minimum absolute atomic E-state index is 0.356. The molecule has 0 aromatic rings. The van der Waals surface area contributed by atoms with E-state index in [-0.39, 0.29) is 5.54 Å².